The molecule has 0 radical (unpaired) electrons. The highest BCUT2D eigenvalue weighted by atomic mass is 19.1. The van der Waals surface area contributed by atoms with E-state index in [-0.39, 0.29) is 17.1 Å². The molecule has 1 aromatic rings. The largest absolute Gasteiger partial charge is 0.472 e. The average molecular weight is 314 g/mol. The molecule has 1 aliphatic rings. The summed E-state index contributed by atoms with van der Waals surface area (Å²) in [7, 11) is 1.33. The van der Waals surface area contributed by atoms with Crippen LogP contribution in [0.1, 0.15) is 19.4 Å². The van der Waals surface area contributed by atoms with Crippen molar-refractivity contribution in [3.8, 4) is 0 Å². The van der Waals surface area contributed by atoms with Crippen molar-refractivity contribution in [1.82, 2.24) is 0 Å². The number of methoxy groups -OCH3 is 1. The van der Waals surface area contributed by atoms with Crippen LogP contribution in [-0.2, 0) is 15.0 Å². The lowest BCUT2D eigenvalue weighted by Gasteiger charge is -2.41. The second-order valence-corrected chi connectivity index (χ2v) is 5.17. The molecular formula is C14H16F2N2O4. The number of ether oxygens (including phenoxy) is 2. The van der Waals surface area contributed by atoms with Gasteiger partial charge in [0.25, 0.3) is 5.69 Å². The van der Waals surface area contributed by atoms with Gasteiger partial charge in [-0.2, -0.15) is 0 Å². The number of rotatable bonds is 4. The summed E-state index contributed by atoms with van der Waals surface area (Å²) in [5.74, 6) is -0.504. The Hall–Kier alpha value is -2.09. The van der Waals surface area contributed by atoms with Gasteiger partial charge in [-0.05, 0) is 13.0 Å². The van der Waals surface area contributed by atoms with E-state index in [1.807, 2.05) is 0 Å². The van der Waals surface area contributed by atoms with Crippen LogP contribution >= 0.6 is 0 Å². The van der Waals surface area contributed by atoms with E-state index < -0.39 is 35.2 Å². The minimum Gasteiger partial charge on any atom is -0.472 e. The molecule has 1 heterocycles. The van der Waals surface area contributed by atoms with Gasteiger partial charge in [0, 0.05) is 31.7 Å². The summed E-state index contributed by atoms with van der Waals surface area (Å²) in [5, 5.41) is 10.9. The van der Waals surface area contributed by atoms with Crippen molar-refractivity contribution in [2.24, 2.45) is 4.99 Å². The first-order valence-corrected chi connectivity index (χ1v) is 6.59. The Labute approximate surface area is 125 Å². The predicted molar refractivity (Wildman–Crippen MR) is 75.2 cm³/mol. The van der Waals surface area contributed by atoms with Crippen LogP contribution in [-0.4, -0.2) is 36.8 Å². The Balaban J connectivity index is 2.63. The molecule has 1 aromatic carbocycles. The highest BCUT2D eigenvalue weighted by Crippen LogP contribution is 2.39. The Morgan fingerprint density at radius 3 is 2.77 bits per heavy atom. The number of hydrogen-bond acceptors (Lipinski definition) is 5. The van der Waals surface area contributed by atoms with E-state index in [2.05, 4.69) is 4.99 Å². The van der Waals surface area contributed by atoms with E-state index in [1.54, 1.807) is 0 Å². The quantitative estimate of drug-likeness (QED) is 0.632. The zero-order valence-corrected chi connectivity index (χ0v) is 12.4. The second-order valence-electron chi connectivity index (χ2n) is 5.17. The number of benzene rings is 1. The van der Waals surface area contributed by atoms with Gasteiger partial charge < -0.3 is 9.47 Å². The van der Waals surface area contributed by atoms with E-state index in [4.69, 9.17) is 9.47 Å². The van der Waals surface area contributed by atoms with Crippen molar-refractivity contribution in [1.29, 1.82) is 0 Å². The fourth-order valence-electron chi connectivity index (χ4n) is 2.78. The molecule has 0 fully saturated rings. The number of alkyl halides is 1. The molecule has 0 saturated carbocycles. The molecule has 2 rings (SSSR count). The smallest absolute Gasteiger partial charge is 0.270 e. The topological polar surface area (TPSA) is 74.0 Å². The van der Waals surface area contributed by atoms with Gasteiger partial charge in [-0.25, -0.2) is 13.8 Å². The molecule has 0 bridgehead atoms. The van der Waals surface area contributed by atoms with Gasteiger partial charge in [0.05, 0.1) is 4.92 Å². The molecule has 0 N–H and O–H groups in total. The third-order valence-electron chi connectivity index (χ3n) is 3.72. The van der Waals surface area contributed by atoms with Crippen molar-refractivity contribution < 1.29 is 23.2 Å². The normalized spacial score (nSPS) is 28.0. The lowest BCUT2D eigenvalue weighted by Crippen LogP contribution is -2.51. The molecule has 8 heteroatoms. The highest BCUT2D eigenvalue weighted by molar-refractivity contribution is 5.75. The van der Waals surface area contributed by atoms with E-state index in [1.165, 1.54) is 21.0 Å². The summed E-state index contributed by atoms with van der Waals surface area (Å²) in [5.41, 5.74) is -1.64. The molecule has 120 valence electrons. The molecule has 22 heavy (non-hydrogen) atoms. The number of aliphatic imine (C=N–C) groups is 1. The molecule has 0 aliphatic carbocycles. The van der Waals surface area contributed by atoms with Crippen LogP contribution in [0.4, 0.5) is 14.5 Å². The molecule has 1 aliphatic heterocycles. The standard InChI is InChI=1S/C14H16F2N2O4/c1-8-17-14(2,13(21-3)12(7-15)22-8)10-6-9(18(19)20)4-5-11(10)16/h4-6,12-13H,7H2,1-3H3/t12-,13+,14-/m1/s1. The van der Waals surface area contributed by atoms with Crippen LogP contribution in [0.2, 0.25) is 0 Å². The Morgan fingerprint density at radius 2 is 2.23 bits per heavy atom. The van der Waals surface area contributed by atoms with Gasteiger partial charge in [-0.1, -0.05) is 0 Å². The van der Waals surface area contributed by atoms with E-state index >= 15 is 0 Å². The first kappa shape index (κ1) is 16.3. The predicted octanol–water partition coefficient (Wildman–Crippen LogP) is 2.75. The maximum absolute atomic E-state index is 14.2. The summed E-state index contributed by atoms with van der Waals surface area (Å²) >= 11 is 0. The van der Waals surface area contributed by atoms with Gasteiger partial charge in [0.15, 0.2) is 12.0 Å². The van der Waals surface area contributed by atoms with Crippen molar-refractivity contribution in [3.05, 3.63) is 39.7 Å². The molecule has 0 saturated heterocycles. The maximum atomic E-state index is 14.2. The third kappa shape index (κ3) is 2.66. The number of halogens is 2. The number of nitrogens with zero attached hydrogens (tertiary/aromatic N) is 2. The summed E-state index contributed by atoms with van der Waals surface area (Å²) in [6.07, 6.45) is -1.89. The van der Waals surface area contributed by atoms with Crippen molar-refractivity contribution in [3.63, 3.8) is 0 Å². The first-order valence-electron chi connectivity index (χ1n) is 6.59. The van der Waals surface area contributed by atoms with Gasteiger partial charge >= 0.3 is 0 Å². The second kappa shape index (κ2) is 5.96. The SMILES string of the molecule is CO[C@H]1[C@@H](CF)OC(C)=N[C@]1(C)c1cc([N+](=O)[O-])ccc1F. The summed E-state index contributed by atoms with van der Waals surface area (Å²) in [6, 6.07) is 3.15. The molecule has 0 amide bonds. The van der Waals surface area contributed by atoms with E-state index in [0.717, 1.165) is 18.2 Å². The highest BCUT2D eigenvalue weighted by Gasteiger charge is 2.47. The maximum Gasteiger partial charge on any atom is 0.270 e. The van der Waals surface area contributed by atoms with Crippen LogP contribution < -0.4 is 0 Å². The van der Waals surface area contributed by atoms with Crippen LogP contribution in [0, 0.1) is 15.9 Å². The monoisotopic (exact) mass is 314 g/mol. The minimum atomic E-state index is -1.33. The molecule has 3 atom stereocenters. The average Bonchev–Trinajstić information content (AvgIpc) is 2.46. The van der Waals surface area contributed by atoms with Gasteiger partial charge in [0.1, 0.15) is 24.1 Å². The number of nitro benzene ring substituents is 1. The molecule has 0 aromatic heterocycles. The lowest BCUT2D eigenvalue weighted by atomic mass is 9.82. The zero-order chi connectivity index (χ0) is 16.5. The Kier molecular flexibility index (Phi) is 4.41. The van der Waals surface area contributed by atoms with Crippen LogP contribution in [0.25, 0.3) is 0 Å². The molecular weight excluding hydrogens is 298 g/mol. The van der Waals surface area contributed by atoms with Crippen LogP contribution in [0.3, 0.4) is 0 Å². The van der Waals surface area contributed by atoms with E-state index in [9.17, 15) is 18.9 Å². The van der Waals surface area contributed by atoms with Crippen LogP contribution in [0.5, 0.6) is 0 Å². The minimum absolute atomic E-state index is 0.0327. The third-order valence-corrected chi connectivity index (χ3v) is 3.72. The summed E-state index contributed by atoms with van der Waals surface area (Å²) in [6.45, 7) is 2.21. The number of non-ortho nitro benzene ring substituents is 1. The van der Waals surface area contributed by atoms with E-state index in [0.29, 0.717) is 0 Å². The summed E-state index contributed by atoms with van der Waals surface area (Å²) in [4.78, 5) is 14.5. The number of nitro groups is 1. The number of hydrogen-bond donors (Lipinski definition) is 0. The lowest BCUT2D eigenvalue weighted by molar-refractivity contribution is -0.385. The molecule has 6 nitrogen and oxygen atoms in total. The Bertz CT molecular complexity index is 623. The van der Waals surface area contributed by atoms with Gasteiger partial charge in [0.2, 0.25) is 0 Å². The fraction of sp³-hybridized carbons (Fsp3) is 0.500. The van der Waals surface area contributed by atoms with Crippen molar-refractivity contribution >= 4 is 11.6 Å². The fourth-order valence-corrected chi connectivity index (χ4v) is 2.78. The molecule has 0 spiro atoms. The zero-order valence-electron chi connectivity index (χ0n) is 12.4. The Morgan fingerprint density at radius 1 is 1.55 bits per heavy atom. The summed E-state index contributed by atoms with van der Waals surface area (Å²) < 4.78 is 38.0. The molecule has 0 unspecified atom stereocenters. The van der Waals surface area contributed by atoms with Crippen LogP contribution in [0.15, 0.2) is 23.2 Å². The van der Waals surface area contributed by atoms with Crippen molar-refractivity contribution in [2.45, 2.75) is 31.6 Å². The van der Waals surface area contributed by atoms with Crippen molar-refractivity contribution in [2.75, 3.05) is 13.8 Å². The first-order chi connectivity index (χ1) is 10.3. The van der Waals surface area contributed by atoms with Gasteiger partial charge in [-0.15, -0.1) is 0 Å². The van der Waals surface area contributed by atoms with Gasteiger partial charge in [-0.3, -0.25) is 10.1 Å².